The molecule has 0 aliphatic carbocycles. The summed E-state index contributed by atoms with van der Waals surface area (Å²) in [5.41, 5.74) is -0.178. The molecular formula is C17H15BrN2O3. The van der Waals surface area contributed by atoms with Crippen LogP contribution in [0.2, 0.25) is 0 Å². The maximum absolute atomic E-state index is 12.8. The standard InChI is InChI=1S/C17H15BrN2O3/c1-9(2)20-16(22)13(8-19)10(3)14(17(20)23)15(21)11-4-6-12(18)7-5-11/h4-7,9,23H,1-3H3. The van der Waals surface area contributed by atoms with E-state index in [9.17, 15) is 20.0 Å². The van der Waals surface area contributed by atoms with Crippen molar-refractivity contribution in [1.29, 1.82) is 5.26 Å². The molecule has 0 fully saturated rings. The van der Waals surface area contributed by atoms with Gasteiger partial charge in [-0.25, -0.2) is 0 Å². The van der Waals surface area contributed by atoms with Crippen LogP contribution >= 0.6 is 15.9 Å². The van der Waals surface area contributed by atoms with E-state index in [1.807, 2.05) is 6.07 Å². The van der Waals surface area contributed by atoms with Gasteiger partial charge in [0.05, 0.1) is 5.56 Å². The molecule has 2 rings (SSSR count). The van der Waals surface area contributed by atoms with Crippen molar-refractivity contribution >= 4 is 21.7 Å². The van der Waals surface area contributed by atoms with Gasteiger partial charge in [0, 0.05) is 16.1 Å². The first-order valence-corrected chi connectivity index (χ1v) is 7.77. The molecule has 5 nitrogen and oxygen atoms in total. The van der Waals surface area contributed by atoms with Crippen molar-refractivity contribution in [3.8, 4) is 11.9 Å². The van der Waals surface area contributed by atoms with Crippen LogP contribution in [0.1, 0.15) is 46.9 Å². The lowest BCUT2D eigenvalue weighted by Crippen LogP contribution is -2.28. The molecule has 1 aromatic heterocycles. The van der Waals surface area contributed by atoms with Crippen molar-refractivity contribution in [3.63, 3.8) is 0 Å². The number of nitriles is 1. The zero-order chi connectivity index (χ0) is 17.3. The van der Waals surface area contributed by atoms with Crippen molar-refractivity contribution in [2.45, 2.75) is 26.8 Å². The summed E-state index contributed by atoms with van der Waals surface area (Å²) in [5.74, 6) is -0.840. The van der Waals surface area contributed by atoms with Gasteiger partial charge in [0.25, 0.3) is 5.56 Å². The Morgan fingerprint density at radius 1 is 1.30 bits per heavy atom. The van der Waals surface area contributed by atoms with Gasteiger partial charge < -0.3 is 5.11 Å². The van der Waals surface area contributed by atoms with Crippen LogP contribution in [-0.2, 0) is 0 Å². The Morgan fingerprint density at radius 2 is 1.87 bits per heavy atom. The average molecular weight is 375 g/mol. The fraction of sp³-hybridized carbons (Fsp3) is 0.235. The molecule has 0 unspecified atom stereocenters. The first-order valence-electron chi connectivity index (χ1n) is 6.98. The second-order valence-corrected chi connectivity index (χ2v) is 6.33. The number of hydrogen-bond acceptors (Lipinski definition) is 4. The molecule has 118 valence electrons. The minimum atomic E-state index is -0.593. The lowest BCUT2D eigenvalue weighted by molar-refractivity contribution is 0.103. The zero-order valence-electron chi connectivity index (χ0n) is 12.9. The lowest BCUT2D eigenvalue weighted by atomic mass is 9.97. The number of aromatic hydroxyl groups is 1. The highest BCUT2D eigenvalue weighted by Gasteiger charge is 2.25. The van der Waals surface area contributed by atoms with Gasteiger partial charge in [0.1, 0.15) is 11.6 Å². The highest BCUT2D eigenvalue weighted by atomic mass is 79.9. The van der Waals surface area contributed by atoms with E-state index < -0.39 is 17.2 Å². The molecule has 0 spiro atoms. The van der Waals surface area contributed by atoms with E-state index in [2.05, 4.69) is 15.9 Å². The summed E-state index contributed by atoms with van der Waals surface area (Å²) in [7, 11) is 0. The SMILES string of the molecule is Cc1c(C(=O)c2ccc(Br)cc2)c(O)n(C(C)C)c(=O)c1C#N. The molecule has 6 heteroatoms. The highest BCUT2D eigenvalue weighted by molar-refractivity contribution is 9.10. The molecule has 1 heterocycles. The van der Waals surface area contributed by atoms with Crippen LogP contribution in [0.25, 0.3) is 0 Å². The van der Waals surface area contributed by atoms with Crippen molar-refractivity contribution in [1.82, 2.24) is 4.57 Å². The Balaban J connectivity index is 2.79. The van der Waals surface area contributed by atoms with Crippen molar-refractivity contribution in [2.24, 2.45) is 0 Å². The number of rotatable bonds is 3. The number of hydrogen-bond donors (Lipinski definition) is 1. The van der Waals surface area contributed by atoms with Gasteiger partial charge in [0.15, 0.2) is 5.78 Å². The van der Waals surface area contributed by atoms with Crippen LogP contribution in [0.5, 0.6) is 5.88 Å². The van der Waals surface area contributed by atoms with E-state index >= 15 is 0 Å². The van der Waals surface area contributed by atoms with Gasteiger partial charge in [-0.3, -0.25) is 14.2 Å². The molecule has 1 N–H and O–H groups in total. The van der Waals surface area contributed by atoms with Gasteiger partial charge in [-0.15, -0.1) is 0 Å². The van der Waals surface area contributed by atoms with Gasteiger partial charge >= 0.3 is 0 Å². The number of carbonyl (C=O) groups excluding carboxylic acids is 1. The van der Waals surface area contributed by atoms with Gasteiger partial charge in [-0.2, -0.15) is 5.26 Å². The Labute approximate surface area is 141 Å². The van der Waals surface area contributed by atoms with Crippen LogP contribution < -0.4 is 5.56 Å². The first kappa shape index (κ1) is 17.0. The topological polar surface area (TPSA) is 83.1 Å². The lowest BCUT2D eigenvalue weighted by Gasteiger charge is -2.18. The summed E-state index contributed by atoms with van der Waals surface area (Å²) in [6, 6.07) is 8.10. The quantitative estimate of drug-likeness (QED) is 0.835. The predicted molar refractivity (Wildman–Crippen MR) is 89.8 cm³/mol. The number of halogens is 1. The zero-order valence-corrected chi connectivity index (χ0v) is 14.5. The maximum Gasteiger partial charge on any atom is 0.271 e. The van der Waals surface area contributed by atoms with Gasteiger partial charge in [0.2, 0.25) is 5.88 Å². The summed E-state index contributed by atoms with van der Waals surface area (Å²) in [6.07, 6.45) is 0. The monoisotopic (exact) mass is 374 g/mol. The Bertz CT molecular complexity index is 875. The van der Waals surface area contributed by atoms with Gasteiger partial charge in [-0.1, -0.05) is 15.9 Å². The molecule has 0 aliphatic rings. The number of pyridine rings is 1. The summed E-state index contributed by atoms with van der Waals surface area (Å²) in [5, 5.41) is 19.7. The smallest absolute Gasteiger partial charge is 0.271 e. The van der Waals surface area contributed by atoms with E-state index in [1.54, 1.807) is 38.1 Å². The largest absolute Gasteiger partial charge is 0.494 e. The first-order chi connectivity index (χ1) is 10.8. The third kappa shape index (κ3) is 2.92. The van der Waals surface area contributed by atoms with Crippen LogP contribution in [0, 0.1) is 18.3 Å². The van der Waals surface area contributed by atoms with Crippen molar-refractivity contribution in [2.75, 3.05) is 0 Å². The molecule has 1 aromatic carbocycles. The van der Waals surface area contributed by atoms with Gasteiger partial charge in [-0.05, 0) is 50.6 Å². The molecule has 0 bridgehead atoms. The minimum Gasteiger partial charge on any atom is -0.494 e. The molecule has 0 aliphatic heterocycles. The molecule has 0 atom stereocenters. The number of nitrogens with zero attached hydrogens (tertiary/aromatic N) is 2. The number of carbonyl (C=O) groups is 1. The fourth-order valence-electron chi connectivity index (χ4n) is 2.42. The Morgan fingerprint density at radius 3 is 2.35 bits per heavy atom. The number of benzene rings is 1. The van der Waals surface area contributed by atoms with Crippen LogP contribution in [0.3, 0.4) is 0 Å². The summed E-state index contributed by atoms with van der Waals surface area (Å²) < 4.78 is 1.89. The minimum absolute atomic E-state index is 0.0165. The molecule has 0 saturated carbocycles. The highest BCUT2D eigenvalue weighted by Crippen LogP contribution is 2.27. The van der Waals surface area contributed by atoms with E-state index in [0.717, 1.165) is 9.04 Å². The number of ketones is 1. The fourth-order valence-corrected chi connectivity index (χ4v) is 2.68. The second kappa shape index (κ2) is 6.39. The maximum atomic E-state index is 12.8. The molecule has 0 saturated heterocycles. The normalized spacial score (nSPS) is 10.6. The molecule has 23 heavy (non-hydrogen) atoms. The van der Waals surface area contributed by atoms with Crippen LogP contribution in [0.15, 0.2) is 33.5 Å². The summed E-state index contributed by atoms with van der Waals surface area (Å²) in [6.45, 7) is 4.90. The second-order valence-electron chi connectivity index (χ2n) is 5.42. The predicted octanol–water partition coefficient (Wildman–Crippen LogP) is 3.31. The summed E-state index contributed by atoms with van der Waals surface area (Å²) >= 11 is 3.29. The van der Waals surface area contributed by atoms with E-state index in [-0.39, 0.29) is 22.7 Å². The third-order valence-corrected chi connectivity index (χ3v) is 4.12. The molecule has 2 aromatic rings. The van der Waals surface area contributed by atoms with E-state index in [1.165, 1.54) is 6.92 Å². The Kier molecular flexibility index (Phi) is 4.71. The third-order valence-electron chi connectivity index (χ3n) is 3.60. The summed E-state index contributed by atoms with van der Waals surface area (Å²) in [4.78, 5) is 25.1. The molecule has 0 radical (unpaired) electrons. The molecular weight excluding hydrogens is 360 g/mol. The van der Waals surface area contributed by atoms with Crippen molar-refractivity contribution in [3.05, 3.63) is 61.3 Å². The van der Waals surface area contributed by atoms with Crippen LogP contribution in [-0.4, -0.2) is 15.5 Å². The van der Waals surface area contributed by atoms with E-state index in [4.69, 9.17) is 0 Å². The van der Waals surface area contributed by atoms with E-state index in [0.29, 0.717) is 5.56 Å². The number of aromatic nitrogens is 1. The Hall–Kier alpha value is -2.39. The average Bonchev–Trinajstić information content (AvgIpc) is 2.47. The molecule has 0 amide bonds. The van der Waals surface area contributed by atoms with Crippen LogP contribution in [0.4, 0.5) is 0 Å². The van der Waals surface area contributed by atoms with Crippen molar-refractivity contribution < 1.29 is 9.90 Å².